The maximum absolute atomic E-state index is 4.89. The van der Waals surface area contributed by atoms with Crippen molar-refractivity contribution in [2.75, 3.05) is 0 Å². The van der Waals surface area contributed by atoms with Gasteiger partial charge in [0.1, 0.15) is 5.82 Å². The summed E-state index contributed by atoms with van der Waals surface area (Å²) in [5.41, 5.74) is 4.60. The number of aromatic nitrogens is 3. The van der Waals surface area contributed by atoms with Crippen molar-refractivity contribution in [3.8, 4) is 11.1 Å². The van der Waals surface area contributed by atoms with Crippen molar-refractivity contribution in [2.24, 2.45) is 0 Å². The van der Waals surface area contributed by atoms with E-state index in [2.05, 4.69) is 49.3 Å². The average molecular weight is 361 g/mol. The first-order valence-electron chi connectivity index (χ1n) is 10.0. The zero-order valence-electron chi connectivity index (χ0n) is 16.4. The topological polar surface area (TPSA) is 50.7 Å². The Bertz CT molecular complexity index is 927. The normalized spacial score (nSPS) is 20.3. The van der Waals surface area contributed by atoms with E-state index in [0.717, 1.165) is 16.7 Å². The van der Waals surface area contributed by atoms with Gasteiger partial charge in [-0.25, -0.2) is 9.97 Å². The highest BCUT2D eigenvalue weighted by atomic mass is 14.9. The van der Waals surface area contributed by atoms with Gasteiger partial charge in [0.25, 0.3) is 0 Å². The number of nitrogens with zero attached hydrogens (tertiary/aromatic N) is 3. The molecule has 27 heavy (non-hydrogen) atoms. The summed E-state index contributed by atoms with van der Waals surface area (Å²) in [6.45, 7) is 6.56. The van der Waals surface area contributed by atoms with E-state index in [1.807, 2.05) is 24.7 Å². The second-order valence-electron chi connectivity index (χ2n) is 8.06. The van der Waals surface area contributed by atoms with E-state index in [-0.39, 0.29) is 0 Å². The minimum Gasteiger partial charge on any atom is -0.312 e. The van der Waals surface area contributed by atoms with Crippen molar-refractivity contribution in [3.05, 3.63) is 54.2 Å². The summed E-state index contributed by atoms with van der Waals surface area (Å²) in [7, 11) is 0. The number of nitrogens with one attached hydrogen (secondary N) is 1. The molecule has 1 N–H and O–H groups in total. The molecule has 0 atom stereocenters. The highest BCUT2D eigenvalue weighted by Gasteiger charge is 2.24. The van der Waals surface area contributed by atoms with Gasteiger partial charge in [-0.2, -0.15) is 0 Å². The predicted molar refractivity (Wildman–Crippen MR) is 111 cm³/mol. The van der Waals surface area contributed by atoms with Gasteiger partial charge in [0.05, 0.1) is 5.52 Å². The first-order valence-corrected chi connectivity index (χ1v) is 10.0. The van der Waals surface area contributed by atoms with Crippen LogP contribution in [0, 0.1) is 6.92 Å². The van der Waals surface area contributed by atoms with Crippen LogP contribution in [-0.4, -0.2) is 27.0 Å². The SMILES string of the molecule is Cc1ccncc1-c1ccc2nc(C3CCC(NC(C)C)CC3)ncc2c1. The van der Waals surface area contributed by atoms with Crippen LogP contribution in [0.5, 0.6) is 0 Å². The van der Waals surface area contributed by atoms with Crippen molar-refractivity contribution in [1.82, 2.24) is 20.3 Å². The first-order chi connectivity index (χ1) is 13.1. The first kappa shape index (κ1) is 18.1. The van der Waals surface area contributed by atoms with Crippen molar-refractivity contribution in [2.45, 2.75) is 64.5 Å². The second-order valence-corrected chi connectivity index (χ2v) is 8.06. The third kappa shape index (κ3) is 4.01. The van der Waals surface area contributed by atoms with Gasteiger partial charge in [0, 0.05) is 47.5 Å². The molecule has 2 aromatic heterocycles. The molecule has 0 saturated heterocycles. The van der Waals surface area contributed by atoms with Crippen LogP contribution in [-0.2, 0) is 0 Å². The Labute approximate surface area is 161 Å². The molecule has 1 aliphatic rings. The molecule has 0 spiro atoms. The molecular weight excluding hydrogens is 332 g/mol. The fourth-order valence-electron chi connectivity index (χ4n) is 4.17. The summed E-state index contributed by atoms with van der Waals surface area (Å²) in [6, 6.07) is 9.69. The number of rotatable bonds is 4. The van der Waals surface area contributed by atoms with Crippen LogP contribution in [0.2, 0.25) is 0 Å². The van der Waals surface area contributed by atoms with Gasteiger partial charge in [0.15, 0.2) is 0 Å². The quantitative estimate of drug-likeness (QED) is 0.709. The molecule has 1 saturated carbocycles. The van der Waals surface area contributed by atoms with E-state index in [1.165, 1.54) is 42.4 Å². The third-order valence-corrected chi connectivity index (χ3v) is 5.61. The van der Waals surface area contributed by atoms with Gasteiger partial charge in [-0.1, -0.05) is 19.9 Å². The van der Waals surface area contributed by atoms with Crippen LogP contribution in [0.3, 0.4) is 0 Å². The number of hydrogen-bond acceptors (Lipinski definition) is 4. The molecule has 0 radical (unpaired) electrons. The maximum atomic E-state index is 4.89. The molecule has 140 valence electrons. The molecular formula is C23H28N4. The Balaban J connectivity index is 1.54. The minimum atomic E-state index is 0.486. The highest BCUT2D eigenvalue weighted by Crippen LogP contribution is 2.32. The Morgan fingerprint density at radius 1 is 1.04 bits per heavy atom. The lowest BCUT2D eigenvalue weighted by atomic mass is 9.85. The monoisotopic (exact) mass is 360 g/mol. The minimum absolute atomic E-state index is 0.486. The van der Waals surface area contributed by atoms with Gasteiger partial charge in [-0.15, -0.1) is 0 Å². The van der Waals surface area contributed by atoms with E-state index in [4.69, 9.17) is 9.97 Å². The molecule has 3 aromatic rings. The number of aryl methyl sites for hydroxylation is 1. The van der Waals surface area contributed by atoms with Crippen molar-refractivity contribution < 1.29 is 0 Å². The summed E-state index contributed by atoms with van der Waals surface area (Å²) in [5, 5.41) is 4.76. The molecule has 0 amide bonds. The molecule has 4 rings (SSSR count). The number of hydrogen-bond donors (Lipinski definition) is 1. The van der Waals surface area contributed by atoms with E-state index in [9.17, 15) is 0 Å². The Morgan fingerprint density at radius 2 is 1.85 bits per heavy atom. The van der Waals surface area contributed by atoms with Gasteiger partial charge < -0.3 is 5.32 Å². The Hall–Kier alpha value is -2.33. The van der Waals surface area contributed by atoms with E-state index in [0.29, 0.717) is 18.0 Å². The van der Waals surface area contributed by atoms with Gasteiger partial charge >= 0.3 is 0 Å². The van der Waals surface area contributed by atoms with Crippen molar-refractivity contribution in [3.63, 3.8) is 0 Å². The van der Waals surface area contributed by atoms with Crippen LogP contribution in [0.25, 0.3) is 22.0 Å². The lowest BCUT2D eigenvalue weighted by molar-refractivity contribution is 0.320. The van der Waals surface area contributed by atoms with Crippen LogP contribution in [0.15, 0.2) is 42.9 Å². The molecule has 0 unspecified atom stereocenters. The Kier molecular flexibility index (Phi) is 5.17. The largest absolute Gasteiger partial charge is 0.312 e. The molecule has 1 aromatic carbocycles. The summed E-state index contributed by atoms with van der Waals surface area (Å²) >= 11 is 0. The summed E-state index contributed by atoms with van der Waals surface area (Å²) in [4.78, 5) is 13.9. The average Bonchev–Trinajstić information content (AvgIpc) is 2.68. The van der Waals surface area contributed by atoms with Crippen LogP contribution in [0.1, 0.15) is 56.8 Å². The summed E-state index contributed by atoms with van der Waals surface area (Å²) < 4.78 is 0. The maximum Gasteiger partial charge on any atom is 0.132 e. The summed E-state index contributed by atoms with van der Waals surface area (Å²) in [6.07, 6.45) is 10.5. The highest BCUT2D eigenvalue weighted by molar-refractivity contribution is 5.84. The van der Waals surface area contributed by atoms with Gasteiger partial charge in [-0.3, -0.25) is 4.98 Å². The lowest BCUT2D eigenvalue weighted by Gasteiger charge is -2.29. The van der Waals surface area contributed by atoms with Gasteiger partial charge in [0.2, 0.25) is 0 Å². The molecule has 4 nitrogen and oxygen atoms in total. The van der Waals surface area contributed by atoms with E-state index in [1.54, 1.807) is 0 Å². The smallest absolute Gasteiger partial charge is 0.132 e. The number of pyridine rings is 1. The van der Waals surface area contributed by atoms with Crippen LogP contribution >= 0.6 is 0 Å². The molecule has 0 bridgehead atoms. The van der Waals surface area contributed by atoms with E-state index >= 15 is 0 Å². The summed E-state index contributed by atoms with van der Waals surface area (Å²) in [5.74, 6) is 1.50. The van der Waals surface area contributed by atoms with Crippen molar-refractivity contribution in [1.29, 1.82) is 0 Å². The predicted octanol–water partition coefficient (Wildman–Crippen LogP) is 5.02. The van der Waals surface area contributed by atoms with Crippen LogP contribution < -0.4 is 5.32 Å². The molecule has 1 aliphatic carbocycles. The second kappa shape index (κ2) is 7.73. The molecule has 0 aliphatic heterocycles. The van der Waals surface area contributed by atoms with Crippen LogP contribution in [0.4, 0.5) is 0 Å². The Morgan fingerprint density at radius 3 is 2.59 bits per heavy atom. The fourth-order valence-corrected chi connectivity index (χ4v) is 4.17. The van der Waals surface area contributed by atoms with Gasteiger partial charge in [-0.05, 0) is 61.9 Å². The zero-order valence-corrected chi connectivity index (χ0v) is 16.4. The van der Waals surface area contributed by atoms with Crippen molar-refractivity contribution >= 4 is 10.9 Å². The lowest BCUT2D eigenvalue weighted by Crippen LogP contribution is -2.37. The zero-order chi connectivity index (χ0) is 18.8. The number of benzene rings is 1. The molecule has 4 heteroatoms. The molecule has 1 fully saturated rings. The third-order valence-electron chi connectivity index (χ3n) is 5.61. The fraction of sp³-hybridized carbons (Fsp3) is 0.435. The van der Waals surface area contributed by atoms with E-state index < -0.39 is 0 Å². The number of fused-ring (bicyclic) bond motifs is 1. The molecule has 2 heterocycles. The standard InChI is InChI=1S/C23H28N4/c1-15(2)26-20-7-4-17(5-8-20)23-25-13-19-12-18(6-9-22(19)27-23)21-14-24-11-10-16(21)3/h6,9-15,17,20,26H,4-5,7-8H2,1-3H3.